The molecular formula is C18H26N2O4S. The van der Waals surface area contributed by atoms with Crippen LogP contribution in [-0.4, -0.2) is 51.5 Å². The summed E-state index contributed by atoms with van der Waals surface area (Å²) in [5, 5.41) is 3.04. The number of nitrogens with one attached hydrogen (secondary N) is 1. The largest absolute Gasteiger partial charge is 0.375 e. The Balaban J connectivity index is 1.57. The first-order chi connectivity index (χ1) is 12.0. The number of piperidine rings is 1. The molecule has 6 nitrogen and oxygen atoms in total. The minimum atomic E-state index is -3.29. The summed E-state index contributed by atoms with van der Waals surface area (Å²) in [5.74, 6) is -0.0415. The number of carbonyl (C=O) groups excluding carboxylic acids is 1. The van der Waals surface area contributed by atoms with Gasteiger partial charge in [0.1, 0.15) is 6.61 Å². The SMILES string of the molecule is COCC(=O)NC1CCC12CCN(S(=O)(=O)Cc1ccccc1)CC2. The summed E-state index contributed by atoms with van der Waals surface area (Å²) in [5.41, 5.74) is 0.874. The van der Waals surface area contributed by atoms with E-state index >= 15 is 0 Å². The molecule has 3 rings (SSSR count). The topological polar surface area (TPSA) is 75.7 Å². The molecule has 1 heterocycles. The zero-order valence-corrected chi connectivity index (χ0v) is 15.4. The van der Waals surface area contributed by atoms with Gasteiger partial charge < -0.3 is 10.1 Å². The van der Waals surface area contributed by atoms with Gasteiger partial charge in [-0.25, -0.2) is 12.7 Å². The van der Waals surface area contributed by atoms with Crippen molar-refractivity contribution in [3.05, 3.63) is 35.9 Å². The second-order valence-electron chi connectivity index (χ2n) is 7.10. The molecule has 1 N–H and O–H groups in total. The number of hydrogen-bond donors (Lipinski definition) is 1. The summed E-state index contributed by atoms with van der Waals surface area (Å²) in [4.78, 5) is 11.8. The summed E-state index contributed by atoms with van der Waals surface area (Å²) in [6.45, 7) is 1.14. The van der Waals surface area contributed by atoms with Gasteiger partial charge in [-0.15, -0.1) is 0 Å². The smallest absolute Gasteiger partial charge is 0.246 e. The molecule has 138 valence electrons. The molecule has 1 saturated carbocycles. The standard InChI is InChI=1S/C18H26N2O4S/c1-24-13-17(21)19-16-7-8-18(16)9-11-20(12-10-18)25(22,23)14-15-5-3-2-4-6-15/h2-6,16H,7-14H2,1H3,(H,19,21). The Morgan fingerprint density at radius 2 is 1.92 bits per heavy atom. The maximum absolute atomic E-state index is 12.7. The first-order valence-corrected chi connectivity index (χ1v) is 10.4. The van der Waals surface area contributed by atoms with Crippen LogP contribution in [-0.2, 0) is 25.3 Å². The van der Waals surface area contributed by atoms with E-state index in [9.17, 15) is 13.2 Å². The number of ether oxygens (including phenoxy) is 1. The molecule has 1 saturated heterocycles. The van der Waals surface area contributed by atoms with Crippen LogP contribution in [0.1, 0.15) is 31.2 Å². The molecule has 7 heteroatoms. The Morgan fingerprint density at radius 1 is 1.24 bits per heavy atom. The van der Waals surface area contributed by atoms with Crippen molar-refractivity contribution in [2.75, 3.05) is 26.8 Å². The molecule has 1 spiro atoms. The Bertz CT molecular complexity index is 697. The summed E-state index contributed by atoms with van der Waals surface area (Å²) in [6.07, 6.45) is 3.63. The fraction of sp³-hybridized carbons (Fsp3) is 0.611. The lowest BCUT2D eigenvalue weighted by atomic mass is 9.59. The quantitative estimate of drug-likeness (QED) is 0.828. The van der Waals surface area contributed by atoms with E-state index in [1.807, 2.05) is 30.3 Å². The van der Waals surface area contributed by atoms with Crippen LogP contribution in [0.15, 0.2) is 30.3 Å². The van der Waals surface area contributed by atoms with Gasteiger partial charge in [0.15, 0.2) is 0 Å². The first-order valence-electron chi connectivity index (χ1n) is 8.75. The van der Waals surface area contributed by atoms with Crippen LogP contribution in [0.25, 0.3) is 0 Å². The predicted molar refractivity (Wildman–Crippen MR) is 95.3 cm³/mol. The molecule has 1 aliphatic carbocycles. The van der Waals surface area contributed by atoms with E-state index in [-0.39, 0.29) is 29.7 Å². The number of methoxy groups -OCH3 is 1. The highest BCUT2D eigenvalue weighted by Crippen LogP contribution is 2.49. The zero-order valence-electron chi connectivity index (χ0n) is 14.6. The highest BCUT2D eigenvalue weighted by atomic mass is 32.2. The number of amides is 1. The lowest BCUT2D eigenvalue weighted by molar-refractivity contribution is -0.128. The highest BCUT2D eigenvalue weighted by Gasteiger charge is 2.49. The van der Waals surface area contributed by atoms with Gasteiger partial charge in [-0.2, -0.15) is 0 Å². The lowest BCUT2D eigenvalue weighted by Gasteiger charge is -2.53. The molecule has 1 aromatic rings. The maximum atomic E-state index is 12.7. The molecule has 1 aromatic carbocycles. The van der Waals surface area contributed by atoms with Crippen molar-refractivity contribution in [1.82, 2.24) is 9.62 Å². The number of sulfonamides is 1. The van der Waals surface area contributed by atoms with Crippen molar-refractivity contribution in [3.8, 4) is 0 Å². The van der Waals surface area contributed by atoms with Crippen molar-refractivity contribution in [2.45, 2.75) is 37.5 Å². The minimum Gasteiger partial charge on any atom is -0.375 e. The summed E-state index contributed by atoms with van der Waals surface area (Å²) in [7, 11) is -1.79. The van der Waals surface area contributed by atoms with Crippen molar-refractivity contribution in [1.29, 1.82) is 0 Å². The minimum absolute atomic E-state index is 0.0504. The van der Waals surface area contributed by atoms with Crippen molar-refractivity contribution >= 4 is 15.9 Å². The van der Waals surface area contributed by atoms with Gasteiger partial charge in [0.05, 0.1) is 5.75 Å². The molecule has 1 unspecified atom stereocenters. The van der Waals surface area contributed by atoms with E-state index in [0.717, 1.165) is 31.2 Å². The van der Waals surface area contributed by atoms with Crippen molar-refractivity contribution in [3.63, 3.8) is 0 Å². The van der Waals surface area contributed by atoms with Crippen LogP contribution < -0.4 is 5.32 Å². The third-order valence-electron chi connectivity index (χ3n) is 5.58. The molecule has 0 bridgehead atoms. The molecule has 25 heavy (non-hydrogen) atoms. The Kier molecular flexibility index (Phi) is 5.46. The first kappa shape index (κ1) is 18.4. The van der Waals surface area contributed by atoms with Gasteiger partial charge in [0.2, 0.25) is 15.9 Å². The van der Waals surface area contributed by atoms with Gasteiger partial charge in [-0.1, -0.05) is 30.3 Å². The van der Waals surface area contributed by atoms with E-state index in [1.54, 1.807) is 4.31 Å². The van der Waals surface area contributed by atoms with E-state index in [1.165, 1.54) is 7.11 Å². The average molecular weight is 366 g/mol. The van der Waals surface area contributed by atoms with Crippen molar-refractivity contribution < 1.29 is 17.9 Å². The fourth-order valence-electron chi connectivity index (χ4n) is 3.97. The van der Waals surface area contributed by atoms with Gasteiger partial charge in [-0.3, -0.25) is 4.79 Å². The Hall–Kier alpha value is -1.44. The van der Waals surface area contributed by atoms with Crippen LogP contribution in [0.5, 0.6) is 0 Å². The van der Waals surface area contributed by atoms with E-state index in [0.29, 0.717) is 13.1 Å². The fourth-order valence-corrected chi connectivity index (χ4v) is 5.51. The second-order valence-corrected chi connectivity index (χ2v) is 9.06. The monoisotopic (exact) mass is 366 g/mol. The van der Waals surface area contributed by atoms with E-state index in [2.05, 4.69) is 5.32 Å². The van der Waals surface area contributed by atoms with E-state index < -0.39 is 10.0 Å². The van der Waals surface area contributed by atoms with Gasteiger partial charge in [0, 0.05) is 26.2 Å². The van der Waals surface area contributed by atoms with Gasteiger partial charge in [0.25, 0.3) is 0 Å². The van der Waals surface area contributed by atoms with Gasteiger partial charge in [-0.05, 0) is 36.7 Å². The summed E-state index contributed by atoms with van der Waals surface area (Å²) < 4.78 is 31.8. The summed E-state index contributed by atoms with van der Waals surface area (Å²) in [6, 6.07) is 9.44. The average Bonchev–Trinajstić information content (AvgIpc) is 2.60. The normalized spacial score (nSPS) is 23.2. The van der Waals surface area contributed by atoms with Crippen LogP contribution in [0, 0.1) is 5.41 Å². The predicted octanol–water partition coefficient (Wildman–Crippen LogP) is 1.52. The maximum Gasteiger partial charge on any atom is 0.246 e. The third-order valence-corrected chi connectivity index (χ3v) is 7.43. The Labute approximate surface area is 149 Å². The van der Waals surface area contributed by atoms with Crippen LogP contribution in [0.2, 0.25) is 0 Å². The molecule has 1 amide bonds. The second kappa shape index (κ2) is 7.43. The van der Waals surface area contributed by atoms with Crippen LogP contribution >= 0.6 is 0 Å². The highest BCUT2D eigenvalue weighted by molar-refractivity contribution is 7.88. The van der Waals surface area contributed by atoms with Crippen molar-refractivity contribution in [2.24, 2.45) is 5.41 Å². The Morgan fingerprint density at radius 3 is 2.48 bits per heavy atom. The molecule has 1 aliphatic heterocycles. The van der Waals surface area contributed by atoms with Gasteiger partial charge >= 0.3 is 0 Å². The number of nitrogens with zero attached hydrogens (tertiary/aromatic N) is 1. The molecule has 2 fully saturated rings. The lowest BCUT2D eigenvalue weighted by Crippen LogP contribution is -2.60. The number of benzene rings is 1. The summed E-state index contributed by atoms with van der Waals surface area (Å²) >= 11 is 0. The molecule has 0 aromatic heterocycles. The van der Waals surface area contributed by atoms with Crippen LogP contribution in [0.4, 0.5) is 0 Å². The van der Waals surface area contributed by atoms with Crippen LogP contribution in [0.3, 0.4) is 0 Å². The molecule has 2 aliphatic rings. The number of rotatable bonds is 6. The van der Waals surface area contributed by atoms with E-state index in [4.69, 9.17) is 4.74 Å². The molecule has 0 radical (unpaired) electrons. The molecule has 1 atom stereocenters. The zero-order chi connectivity index (χ0) is 17.9. The number of hydrogen-bond acceptors (Lipinski definition) is 4. The number of carbonyl (C=O) groups is 1. The molecular weight excluding hydrogens is 340 g/mol. The third kappa shape index (κ3) is 4.04.